The maximum atomic E-state index is 14.8. The predicted octanol–water partition coefficient (Wildman–Crippen LogP) is 3.64. The molecule has 9 heteroatoms. The van der Waals surface area contributed by atoms with Gasteiger partial charge in [0, 0.05) is 12.5 Å². The van der Waals surface area contributed by atoms with E-state index in [1.807, 2.05) is 0 Å². The Labute approximate surface area is 170 Å². The van der Waals surface area contributed by atoms with E-state index in [-0.39, 0.29) is 12.5 Å². The largest absolute Gasteiger partial charge is 0.444 e. The van der Waals surface area contributed by atoms with Crippen molar-refractivity contribution in [2.45, 2.75) is 71.7 Å². The number of carbonyl (C=O) groups is 1. The molecule has 1 fully saturated rings. The molecule has 1 unspecified atom stereocenters. The molecule has 3 atom stereocenters. The van der Waals surface area contributed by atoms with Gasteiger partial charge >= 0.3 is 6.09 Å². The Hall–Kier alpha value is -2.45. The standard InChI is InChI=1S/C20H31FN6O2/c1-12(2)13(3)17-22-9-14-10-23-18(25-27(14)17)24-16-7-8-26(11-15(16)21)19(28)29-20(4,5)6/h9-10,12-13,15-16H,7-8,11H2,1-6H3,(H,24,25)/t13?,15-,16-/m1/s1. The molecule has 0 aromatic carbocycles. The van der Waals surface area contributed by atoms with Crippen molar-refractivity contribution in [1.29, 1.82) is 0 Å². The number of nitrogens with zero attached hydrogens (tertiary/aromatic N) is 5. The van der Waals surface area contributed by atoms with Crippen LogP contribution in [-0.2, 0) is 4.74 Å². The number of aromatic nitrogens is 4. The lowest BCUT2D eigenvalue weighted by Crippen LogP contribution is -2.51. The van der Waals surface area contributed by atoms with Crippen molar-refractivity contribution < 1.29 is 13.9 Å². The minimum absolute atomic E-state index is 0.0183. The summed E-state index contributed by atoms with van der Waals surface area (Å²) in [5, 5.41) is 7.62. The van der Waals surface area contributed by atoms with Crippen LogP contribution in [0.3, 0.4) is 0 Å². The fraction of sp³-hybridized carbons (Fsp3) is 0.700. The van der Waals surface area contributed by atoms with Gasteiger partial charge in [-0.3, -0.25) is 0 Å². The Bertz CT molecular complexity index is 862. The van der Waals surface area contributed by atoms with Crippen LogP contribution in [0.15, 0.2) is 12.4 Å². The summed E-state index contributed by atoms with van der Waals surface area (Å²) in [5.74, 6) is 1.86. The van der Waals surface area contributed by atoms with Crippen molar-refractivity contribution in [3.8, 4) is 0 Å². The van der Waals surface area contributed by atoms with E-state index in [0.717, 1.165) is 11.3 Å². The first-order chi connectivity index (χ1) is 13.5. The summed E-state index contributed by atoms with van der Waals surface area (Å²) in [6, 6.07) is -0.472. The Kier molecular flexibility index (Phi) is 5.95. The fourth-order valence-electron chi connectivity index (χ4n) is 3.22. The molecule has 3 heterocycles. The van der Waals surface area contributed by atoms with Gasteiger partial charge < -0.3 is 15.0 Å². The van der Waals surface area contributed by atoms with Crippen molar-refractivity contribution in [2.24, 2.45) is 5.92 Å². The van der Waals surface area contributed by atoms with E-state index in [1.54, 1.807) is 37.7 Å². The Balaban J connectivity index is 1.68. The SMILES string of the molecule is CC(C)C(C)c1ncc2cnc(N[C@@H]3CCN(C(=O)OC(C)(C)C)C[C@H]3F)nn12. The number of alkyl halides is 1. The number of fused-ring (bicyclic) bond motifs is 1. The molecule has 1 N–H and O–H groups in total. The number of nitrogens with one attached hydrogen (secondary N) is 1. The molecule has 1 aliphatic rings. The smallest absolute Gasteiger partial charge is 0.410 e. The number of piperidine rings is 1. The zero-order chi connectivity index (χ0) is 21.3. The topological polar surface area (TPSA) is 84.7 Å². The molecule has 160 valence electrons. The molecule has 1 aliphatic heterocycles. The number of rotatable bonds is 4. The quantitative estimate of drug-likeness (QED) is 0.834. The zero-order valence-electron chi connectivity index (χ0n) is 18.0. The van der Waals surface area contributed by atoms with E-state index in [0.29, 0.717) is 24.8 Å². The third-order valence-electron chi connectivity index (χ3n) is 5.22. The normalized spacial score (nSPS) is 21.4. The number of halogens is 1. The second-order valence-electron chi connectivity index (χ2n) is 9.05. The highest BCUT2D eigenvalue weighted by molar-refractivity contribution is 5.68. The van der Waals surface area contributed by atoms with Crippen LogP contribution in [0.1, 0.15) is 59.7 Å². The number of amides is 1. The molecule has 29 heavy (non-hydrogen) atoms. The average molecular weight is 407 g/mol. The molecule has 3 rings (SSSR count). The minimum atomic E-state index is -1.24. The minimum Gasteiger partial charge on any atom is -0.444 e. The van der Waals surface area contributed by atoms with Crippen LogP contribution in [0.5, 0.6) is 0 Å². The maximum absolute atomic E-state index is 14.8. The van der Waals surface area contributed by atoms with Gasteiger partial charge in [0.05, 0.1) is 25.0 Å². The summed E-state index contributed by atoms with van der Waals surface area (Å²) >= 11 is 0. The van der Waals surface area contributed by atoms with Crippen LogP contribution >= 0.6 is 0 Å². The molecule has 0 aliphatic carbocycles. The van der Waals surface area contributed by atoms with Gasteiger partial charge in [-0.25, -0.2) is 23.7 Å². The molecule has 0 radical (unpaired) electrons. The third kappa shape index (κ3) is 4.94. The first-order valence-corrected chi connectivity index (χ1v) is 10.1. The molecular formula is C20H31FN6O2. The molecule has 2 aromatic rings. The van der Waals surface area contributed by atoms with Gasteiger partial charge in [0.2, 0.25) is 5.95 Å². The summed E-state index contributed by atoms with van der Waals surface area (Å²) in [6.45, 7) is 12.2. The Morgan fingerprint density at radius 1 is 1.28 bits per heavy atom. The van der Waals surface area contributed by atoms with E-state index in [1.165, 1.54) is 4.90 Å². The van der Waals surface area contributed by atoms with Gasteiger partial charge in [-0.05, 0) is 33.1 Å². The zero-order valence-corrected chi connectivity index (χ0v) is 18.0. The van der Waals surface area contributed by atoms with Gasteiger partial charge in [0.1, 0.15) is 23.1 Å². The Morgan fingerprint density at radius 2 is 1.97 bits per heavy atom. The van der Waals surface area contributed by atoms with Gasteiger partial charge in [0.15, 0.2) is 0 Å². The number of ether oxygens (including phenoxy) is 1. The van der Waals surface area contributed by atoms with Crippen molar-refractivity contribution >= 4 is 17.6 Å². The van der Waals surface area contributed by atoms with Crippen LogP contribution in [0.25, 0.3) is 5.52 Å². The fourth-order valence-corrected chi connectivity index (χ4v) is 3.22. The van der Waals surface area contributed by atoms with Crippen molar-refractivity contribution in [2.75, 3.05) is 18.4 Å². The summed E-state index contributed by atoms with van der Waals surface area (Å²) in [6.07, 6.45) is 2.15. The van der Waals surface area contributed by atoms with E-state index in [2.05, 4.69) is 41.2 Å². The highest BCUT2D eigenvalue weighted by Gasteiger charge is 2.34. The summed E-state index contributed by atoms with van der Waals surface area (Å²) in [5.41, 5.74) is 0.200. The lowest BCUT2D eigenvalue weighted by atomic mass is 9.98. The predicted molar refractivity (Wildman–Crippen MR) is 109 cm³/mol. The lowest BCUT2D eigenvalue weighted by Gasteiger charge is -2.35. The molecule has 0 spiro atoms. The highest BCUT2D eigenvalue weighted by atomic mass is 19.1. The second kappa shape index (κ2) is 8.12. The summed E-state index contributed by atoms with van der Waals surface area (Å²) in [7, 11) is 0. The molecule has 2 aromatic heterocycles. The number of likely N-dealkylation sites (tertiary alicyclic amines) is 1. The maximum Gasteiger partial charge on any atom is 0.410 e. The molecule has 1 saturated heterocycles. The van der Waals surface area contributed by atoms with E-state index in [4.69, 9.17) is 4.74 Å². The summed E-state index contributed by atoms with van der Waals surface area (Å²) < 4.78 is 21.9. The van der Waals surface area contributed by atoms with Crippen LogP contribution in [0.4, 0.5) is 15.1 Å². The second-order valence-corrected chi connectivity index (χ2v) is 9.05. The van der Waals surface area contributed by atoms with Crippen molar-refractivity contribution in [3.63, 3.8) is 0 Å². The number of anilines is 1. The number of carbonyl (C=O) groups excluding carboxylic acids is 1. The molecular weight excluding hydrogens is 375 g/mol. The van der Waals surface area contributed by atoms with Crippen LogP contribution in [0, 0.1) is 5.92 Å². The molecule has 0 saturated carbocycles. The van der Waals surface area contributed by atoms with Gasteiger partial charge in [-0.2, -0.15) is 0 Å². The average Bonchev–Trinajstić information content (AvgIpc) is 3.04. The number of imidazole rings is 1. The first-order valence-electron chi connectivity index (χ1n) is 10.1. The number of hydrogen-bond donors (Lipinski definition) is 1. The van der Waals surface area contributed by atoms with Crippen LogP contribution in [-0.4, -0.2) is 61.5 Å². The summed E-state index contributed by atoms with van der Waals surface area (Å²) in [4.78, 5) is 22.4. The van der Waals surface area contributed by atoms with E-state index >= 15 is 0 Å². The lowest BCUT2D eigenvalue weighted by molar-refractivity contribution is 0.0125. The third-order valence-corrected chi connectivity index (χ3v) is 5.22. The first kappa shape index (κ1) is 21.3. The highest BCUT2D eigenvalue weighted by Crippen LogP contribution is 2.24. The molecule has 0 bridgehead atoms. The van der Waals surface area contributed by atoms with Crippen LogP contribution in [0.2, 0.25) is 0 Å². The van der Waals surface area contributed by atoms with Gasteiger partial charge in [0.25, 0.3) is 0 Å². The number of hydrogen-bond acceptors (Lipinski definition) is 6. The monoisotopic (exact) mass is 406 g/mol. The van der Waals surface area contributed by atoms with Crippen molar-refractivity contribution in [1.82, 2.24) is 24.5 Å². The molecule has 1 amide bonds. The van der Waals surface area contributed by atoms with E-state index in [9.17, 15) is 9.18 Å². The Morgan fingerprint density at radius 3 is 2.59 bits per heavy atom. The van der Waals surface area contributed by atoms with Gasteiger partial charge in [-0.1, -0.05) is 20.8 Å². The molecule has 8 nitrogen and oxygen atoms in total. The van der Waals surface area contributed by atoms with Gasteiger partial charge in [-0.15, -0.1) is 5.10 Å². The van der Waals surface area contributed by atoms with Crippen LogP contribution < -0.4 is 5.32 Å². The van der Waals surface area contributed by atoms with E-state index < -0.39 is 23.9 Å². The van der Waals surface area contributed by atoms with Crippen molar-refractivity contribution in [3.05, 3.63) is 18.2 Å².